The molecule has 0 spiro atoms. The number of rotatable bonds is 2. The molecule has 1 aromatic rings. The summed E-state index contributed by atoms with van der Waals surface area (Å²) in [6, 6.07) is 8.56. The second kappa shape index (κ2) is 6.74. The molecule has 21 heavy (non-hydrogen) atoms. The van der Waals surface area contributed by atoms with E-state index in [1.807, 2.05) is 0 Å². The number of likely N-dealkylation sites (tertiary alicyclic amines) is 1. The average molecular weight is 291 g/mol. The number of nitrogens with one attached hydrogen (secondary N) is 2. The molecular formula is C14H17N3O4. The van der Waals surface area contributed by atoms with E-state index >= 15 is 0 Å². The molecule has 1 aliphatic heterocycles. The van der Waals surface area contributed by atoms with E-state index in [1.54, 1.807) is 30.3 Å². The van der Waals surface area contributed by atoms with Crippen LogP contribution >= 0.6 is 0 Å². The highest BCUT2D eigenvalue weighted by atomic mass is 16.4. The fourth-order valence-corrected chi connectivity index (χ4v) is 2.22. The van der Waals surface area contributed by atoms with Crippen molar-refractivity contribution in [2.24, 2.45) is 5.92 Å². The predicted octanol–water partition coefficient (Wildman–Crippen LogP) is 0.838. The third kappa shape index (κ3) is 3.95. The van der Waals surface area contributed by atoms with Gasteiger partial charge in [0.1, 0.15) is 0 Å². The summed E-state index contributed by atoms with van der Waals surface area (Å²) in [5, 5.41) is 8.83. The predicted molar refractivity (Wildman–Crippen MR) is 74.4 cm³/mol. The second-order valence-corrected chi connectivity index (χ2v) is 4.85. The van der Waals surface area contributed by atoms with E-state index in [4.69, 9.17) is 5.11 Å². The Morgan fingerprint density at radius 2 is 1.67 bits per heavy atom. The quantitative estimate of drug-likeness (QED) is 0.703. The molecule has 0 aliphatic carbocycles. The van der Waals surface area contributed by atoms with E-state index in [9.17, 15) is 14.4 Å². The number of amides is 3. The van der Waals surface area contributed by atoms with Gasteiger partial charge in [-0.2, -0.15) is 0 Å². The molecule has 1 aliphatic rings. The van der Waals surface area contributed by atoms with Gasteiger partial charge in [0.15, 0.2) is 0 Å². The SMILES string of the molecule is O=C(NNC(=O)C1CCN(C(=O)O)CC1)c1ccccc1. The van der Waals surface area contributed by atoms with Crippen molar-refractivity contribution in [2.45, 2.75) is 12.8 Å². The fourth-order valence-electron chi connectivity index (χ4n) is 2.22. The minimum Gasteiger partial charge on any atom is -0.465 e. The summed E-state index contributed by atoms with van der Waals surface area (Å²) in [6.45, 7) is 0.667. The van der Waals surface area contributed by atoms with Crippen molar-refractivity contribution < 1.29 is 19.5 Å². The molecule has 0 unspecified atom stereocenters. The number of piperidine rings is 1. The van der Waals surface area contributed by atoms with E-state index < -0.39 is 6.09 Å². The van der Waals surface area contributed by atoms with Gasteiger partial charge in [-0.1, -0.05) is 18.2 Å². The number of benzene rings is 1. The van der Waals surface area contributed by atoms with Crippen molar-refractivity contribution >= 4 is 17.9 Å². The maximum Gasteiger partial charge on any atom is 0.407 e. The van der Waals surface area contributed by atoms with E-state index in [2.05, 4.69) is 10.9 Å². The zero-order chi connectivity index (χ0) is 15.2. The summed E-state index contributed by atoms with van der Waals surface area (Å²) in [6.07, 6.45) is -0.0511. The van der Waals surface area contributed by atoms with Crippen LogP contribution in [0.15, 0.2) is 30.3 Å². The molecule has 1 heterocycles. The summed E-state index contributed by atoms with van der Waals surface area (Å²) in [4.78, 5) is 35.7. The number of hydrogen-bond donors (Lipinski definition) is 3. The average Bonchev–Trinajstić information content (AvgIpc) is 2.53. The first-order chi connectivity index (χ1) is 10.1. The zero-order valence-electron chi connectivity index (χ0n) is 11.4. The zero-order valence-corrected chi connectivity index (χ0v) is 11.4. The Morgan fingerprint density at radius 1 is 1.05 bits per heavy atom. The van der Waals surface area contributed by atoms with Crippen LogP contribution in [0, 0.1) is 5.92 Å². The molecule has 1 aromatic carbocycles. The molecule has 2 rings (SSSR count). The Hall–Kier alpha value is -2.57. The number of hydrogen-bond acceptors (Lipinski definition) is 3. The number of nitrogens with zero attached hydrogens (tertiary/aromatic N) is 1. The van der Waals surface area contributed by atoms with Gasteiger partial charge in [0.05, 0.1) is 0 Å². The van der Waals surface area contributed by atoms with Crippen LogP contribution in [0.5, 0.6) is 0 Å². The van der Waals surface area contributed by atoms with Crippen LogP contribution in [0.2, 0.25) is 0 Å². The minimum atomic E-state index is -0.966. The molecular weight excluding hydrogens is 274 g/mol. The van der Waals surface area contributed by atoms with Crippen LogP contribution in [0.3, 0.4) is 0 Å². The topological polar surface area (TPSA) is 98.7 Å². The van der Waals surface area contributed by atoms with Gasteiger partial charge in [-0.15, -0.1) is 0 Å². The molecule has 1 saturated heterocycles. The van der Waals surface area contributed by atoms with E-state index in [1.165, 1.54) is 4.90 Å². The lowest BCUT2D eigenvalue weighted by Gasteiger charge is -2.29. The molecule has 3 N–H and O–H groups in total. The first-order valence-electron chi connectivity index (χ1n) is 6.71. The van der Waals surface area contributed by atoms with Crippen LogP contribution < -0.4 is 10.9 Å². The fraction of sp³-hybridized carbons (Fsp3) is 0.357. The Labute approximate surface area is 121 Å². The second-order valence-electron chi connectivity index (χ2n) is 4.85. The van der Waals surface area contributed by atoms with Gasteiger partial charge in [0, 0.05) is 24.6 Å². The molecule has 0 bridgehead atoms. The van der Waals surface area contributed by atoms with Crippen molar-refractivity contribution in [3.63, 3.8) is 0 Å². The molecule has 7 heteroatoms. The van der Waals surface area contributed by atoms with Crippen LogP contribution in [0.25, 0.3) is 0 Å². The monoisotopic (exact) mass is 291 g/mol. The third-order valence-corrected chi connectivity index (χ3v) is 3.47. The Morgan fingerprint density at radius 3 is 2.24 bits per heavy atom. The lowest BCUT2D eigenvalue weighted by Crippen LogP contribution is -2.48. The van der Waals surface area contributed by atoms with Crippen LogP contribution in [-0.4, -0.2) is 41.0 Å². The van der Waals surface area contributed by atoms with Crippen molar-refractivity contribution in [3.8, 4) is 0 Å². The smallest absolute Gasteiger partial charge is 0.407 e. The maximum atomic E-state index is 11.9. The summed E-state index contributed by atoms with van der Waals surface area (Å²) < 4.78 is 0. The minimum absolute atomic E-state index is 0.281. The first kappa shape index (κ1) is 14.8. The highest BCUT2D eigenvalue weighted by Crippen LogP contribution is 2.17. The van der Waals surface area contributed by atoms with Gasteiger partial charge in [0.2, 0.25) is 5.91 Å². The van der Waals surface area contributed by atoms with Gasteiger partial charge in [-0.05, 0) is 25.0 Å². The Bertz CT molecular complexity index is 524. The lowest BCUT2D eigenvalue weighted by molar-refractivity contribution is -0.127. The van der Waals surface area contributed by atoms with E-state index in [0.29, 0.717) is 31.5 Å². The number of hydrazine groups is 1. The number of carboxylic acid groups (broad SMARTS) is 1. The van der Waals surface area contributed by atoms with Crippen LogP contribution in [0.1, 0.15) is 23.2 Å². The third-order valence-electron chi connectivity index (χ3n) is 3.47. The normalized spacial score (nSPS) is 15.3. The Kier molecular flexibility index (Phi) is 4.76. The van der Waals surface area contributed by atoms with E-state index in [0.717, 1.165) is 0 Å². The summed E-state index contributed by atoms with van der Waals surface area (Å²) >= 11 is 0. The molecule has 0 radical (unpaired) electrons. The van der Waals surface area contributed by atoms with Crippen molar-refractivity contribution in [2.75, 3.05) is 13.1 Å². The van der Waals surface area contributed by atoms with Gasteiger partial charge < -0.3 is 10.0 Å². The molecule has 1 fully saturated rings. The largest absolute Gasteiger partial charge is 0.465 e. The molecule has 7 nitrogen and oxygen atoms in total. The summed E-state index contributed by atoms with van der Waals surface area (Å²) in [5.41, 5.74) is 5.21. The van der Waals surface area contributed by atoms with Gasteiger partial charge in [-0.3, -0.25) is 20.4 Å². The van der Waals surface area contributed by atoms with Gasteiger partial charge in [-0.25, -0.2) is 4.79 Å². The Balaban J connectivity index is 1.78. The molecule has 0 saturated carbocycles. The lowest BCUT2D eigenvalue weighted by atomic mass is 9.96. The number of carbonyl (C=O) groups excluding carboxylic acids is 2. The standard InChI is InChI=1S/C14H17N3O4/c18-12(10-4-2-1-3-5-10)15-16-13(19)11-6-8-17(9-7-11)14(20)21/h1-5,11H,6-9H2,(H,15,18)(H,16,19)(H,20,21). The highest BCUT2D eigenvalue weighted by Gasteiger charge is 2.27. The first-order valence-corrected chi connectivity index (χ1v) is 6.71. The summed E-state index contributed by atoms with van der Waals surface area (Å²) in [5.74, 6) is -0.951. The van der Waals surface area contributed by atoms with Gasteiger partial charge >= 0.3 is 6.09 Å². The molecule has 112 valence electrons. The maximum absolute atomic E-state index is 11.9. The van der Waals surface area contributed by atoms with Crippen molar-refractivity contribution in [1.29, 1.82) is 0 Å². The van der Waals surface area contributed by atoms with Crippen LogP contribution in [-0.2, 0) is 4.79 Å². The van der Waals surface area contributed by atoms with Crippen molar-refractivity contribution in [3.05, 3.63) is 35.9 Å². The number of carbonyl (C=O) groups is 3. The highest BCUT2D eigenvalue weighted by molar-refractivity contribution is 5.95. The van der Waals surface area contributed by atoms with E-state index in [-0.39, 0.29) is 17.7 Å². The molecule has 0 aromatic heterocycles. The van der Waals surface area contributed by atoms with Crippen molar-refractivity contribution in [1.82, 2.24) is 15.8 Å². The molecule has 0 atom stereocenters. The molecule has 3 amide bonds. The van der Waals surface area contributed by atoms with Crippen LogP contribution in [0.4, 0.5) is 4.79 Å². The van der Waals surface area contributed by atoms with Gasteiger partial charge in [0.25, 0.3) is 5.91 Å². The summed E-state index contributed by atoms with van der Waals surface area (Å²) in [7, 11) is 0.